The summed E-state index contributed by atoms with van der Waals surface area (Å²) in [6.07, 6.45) is 4.02. The van der Waals surface area contributed by atoms with E-state index in [1.807, 2.05) is 11.8 Å². The predicted octanol–water partition coefficient (Wildman–Crippen LogP) is 2.89. The first kappa shape index (κ1) is 11.3. The van der Waals surface area contributed by atoms with E-state index in [-0.39, 0.29) is 0 Å². The van der Waals surface area contributed by atoms with Gasteiger partial charge in [-0.3, -0.25) is 4.99 Å². The third-order valence-electron chi connectivity index (χ3n) is 3.88. The summed E-state index contributed by atoms with van der Waals surface area (Å²) in [4.78, 5) is 4.55. The number of rotatable bonds is 4. The molecule has 1 saturated carbocycles. The van der Waals surface area contributed by atoms with Crippen LogP contribution in [0, 0.1) is 11.3 Å². The zero-order chi connectivity index (χ0) is 10.9. The van der Waals surface area contributed by atoms with Gasteiger partial charge in [-0.2, -0.15) is 0 Å². The van der Waals surface area contributed by atoms with E-state index in [9.17, 15) is 0 Å². The van der Waals surface area contributed by atoms with Crippen LogP contribution in [0.5, 0.6) is 0 Å². The van der Waals surface area contributed by atoms with Crippen molar-refractivity contribution in [3.8, 4) is 0 Å². The van der Waals surface area contributed by atoms with Crippen molar-refractivity contribution in [2.75, 3.05) is 13.1 Å². The lowest BCUT2D eigenvalue weighted by Gasteiger charge is -2.20. The van der Waals surface area contributed by atoms with Crippen LogP contribution in [0.25, 0.3) is 0 Å². The van der Waals surface area contributed by atoms with Gasteiger partial charge in [0.2, 0.25) is 0 Å². The van der Waals surface area contributed by atoms with Crippen molar-refractivity contribution in [3.63, 3.8) is 0 Å². The Morgan fingerprint density at radius 1 is 1.53 bits per heavy atom. The van der Waals surface area contributed by atoms with Gasteiger partial charge in [0.15, 0.2) is 5.17 Å². The molecule has 0 aromatic carbocycles. The first-order valence-electron chi connectivity index (χ1n) is 6.11. The van der Waals surface area contributed by atoms with E-state index in [4.69, 9.17) is 0 Å². The SMILES string of the molecule is CCC1CN=C(NCC2(C(C)C)CC2)S1. The molecule has 1 aliphatic heterocycles. The van der Waals surface area contributed by atoms with Crippen molar-refractivity contribution >= 4 is 16.9 Å². The molecule has 1 atom stereocenters. The van der Waals surface area contributed by atoms with Crippen LogP contribution in [0.3, 0.4) is 0 Å². The molecule has 3 heteroatoms. The Morgan fingerprint density at radius 3 is 2.73 bits per heavy atom. The molecule has 2 aliphatic rings. The number of nitrogens with zero attached hydrogens (tertiary/aromatic N) is 1. The highest BCUT2D eigenvalue weighted by atomic mass is 32.2. The second-order valence-electron chi connectivity index (χ2n) is 5.16. The van der Waals surface area contributed by atoms with Crippen LogP contribution in [0.1, 0.15) is 40.0 Å². The summed E-state index contributed by atoms with van der Waals surface area (Å²) in [7, 11) is 0. The third kappa shape index (κ3) is 2.49. The lowest BCUT2D eigenvalue weighted by Crippen LogP contribution is -2.30. The Kier molecular flexibility index (Phi) is 3.29. The second-order valence-corrected chi connectivity index (χ2v) is 6.45. The Labute approximate surface area is 97.3 Å². The molecule has 1 aliphatic carbocycles. The average molecular weight is 226 g/mol. The quantitative estimate of drug-likeness (QED) is 0.797. The molecule has 0 radical (unpaired) electrons. The molecular formula is C12H22N2S. The molecule has 1 heterocycles. The minimum absolute atomic E-state index is 0.591. The van der Waals surface area contributed by atoms with Crippen LogP contribution in [-0.2, 0) is 0 Å². The summed E-state index contributed by atoms with van der Waals surface area (Å²) in [6.45, 7) is 9.07. The molecular weight excluding hydrogens is 204 g/mol. The van der Waals surface area contributed by atoms with Crippen LogP contribution < -0.4 is 5.32 Å². The van der Waals surface area contributed by atoms with Crippen LogP contribution in [0.15, 0.2) is 4.99 Å². The van der Waals surface area contributed by atoms with Gasteiger partial charge in [0.05, 0.1) is 6.54 Å². The Hall–Kier alpha value is -0.180. The topological polar surface area (TPSA) is 24.4 Å². The van der Waals surface area contributed by atoms with Crippen molar-refractivity contribution in [1.29, 1.82) is 0 Å². The van der Waals surface area contributed by atoms with Crippen molar-refractivity contribution < 1.29 is 0 Å². The molecule has 1 unspecified atom stereocenters. The number of hydrogen-bond donors (Lipinski definition) is 1. The molecule has 0 saturated heterocycles. The molecule has 2 nitrogen and oxygen atoms in total. The Morgan fingerprint density at radius 2 is 2.27 bits per heavy atom. The fraction of sp³-hybridized carbons (Fsp3) is 0.917. The van der Waals surface area contributed by atoms with Crippen LogP contribution >= 0.6 is 11.8 Å². The smallest absolute Gasteiger partial charge is 0.156 e. The second kappa shape index (κ2) is 4.36. The number of hydrogen-bond acceptors (Lipinski definition) is 3. The summed E-state index contributed by atoms with van der Waals surface area (Å²) in [5.41, 5.74) is 0.591. The van der Waals surface area contributed by atoms with Crippen molar-refractivity contribution in [1.82, 2.24) is 5.32 Å². The molecule has 1 N–H and O–H groups in total. The van der Waals surface area contributed by atoms with Gasteiger partial charge in [0.25, 0.3) is 0 Å². The van der Waals surface area contributed by atoms with Gasteiger partial charge in [-0.15, -0.1) is 0 Å². The predicted molar refractivity (Wildman–Crippen MR) is 68.5 cm³/mol. The number of amidine groups is 1. The maximum absolute atomic E-state index is 4.55. The van der Waals surface area contributed by atoms with E-state index in [0.717, 1.165) is 24.3 Å². The summed E-state index contributed by atoms with van der Waals surface area (Å²) in [5, 5.41) is 5.46. The van der Waals surface area contributed by atoms with Crippen molar-refractivity contribution in [3.05, 3.63) is 0 Å². The van der Waals surface area contributed by atoms with E-state index in [1.54, 1.807) is 0 Å². The largest absolute Gasteiger partial charge is 0.364 e. The Bertz CT molecular complexity index is 256. The maximum Gasteiger partial charge on any atom is 0.156 e. The number of aliphatic imine (C=N–C) groups is 1. The molecule has 15 heavy (non-hydrogen) atoms. The lowest BCUT2D eigenvalue weighted by atomic mass is 9.92. The van der Waals surface area contributed by atoms with Crippen molar-refractivity contribution in [2.45, 2.75) is 45.3 Å². The Balaban J connectivity index is 1.75. The summed E-state index contributed by atoms with van der Waals surface area (Å²) < 4.78 is 0. The molecule has 0 bridgehead atoms. The molecule has 0 aromatic heterocycles. The van der Waals surface area contributed by atoms with Gasteiger partial charge in [-0.25, -0.2) is 0 Å². The fourth-order valence-corrected chi connectivity index (χ4v) is 3.03. The highest BCUT2D eigenvalue weighted by Gasteiger charge is 2.45. The monoisotopic (exact) mass is 226 g/mol. The summed E-state index contributed by atoms with van der Waals surface area (Å²) in [5.74, 6) is 0.805. The van der Waals surface area contributed by atoms with Gasteiger partial charge >= 0.3 is 0 Å². The van der Waals surface area contributed by atoms with Gasteiger partial charge < -0.3 is 5.32 Å². The molecule has 2 rings (SSSR count). The number of nitrogens with one attached hydrogen (secondary N) is 1. The normalized spacial score (nSPS) is 28.0. The molecule has 1 fully saturated rings. The highest BCUT2D eigenvalue weighted by molar-refractivity contribution is 8.14. The van der Waals surface area contributed by atoms with Crippen LogP contribution in [0.2, 0.25) is 0 Å². The van der Waals surface area contributed by atoms with E-state index in [0.29, 0.717) is 5.41 Å². The van der Waals surface area contributed by atoms with E-state index >= 15 is 0 Å². The molecule has 0 spiro atoms. The minimum Gasteiger partial charge on any atom is -0.364 e. The van der Waals surface area contributed by atoms with Gasteiger partial charge in [-0.1, -0.05) is 32.5 Å². The molecule has 0 aromatic rings. The third-order valence-corrected chi connectivity index (χ3v) is 5.19. The van der Waals surface area contributed by atoms with Gasteiger partial charge in [0, 0.05) is 11.8 Å². The van der Waals surface area contributed by atoms with E-state index < -0.39 is 0 Å². The zero-order valence-corrected chi connectivity index (χ0v) is 10.9. The summed E-state index contributed by atoms with van der Waals surface area (Å²) >= 11 is 1.93. The minimum atomic E-state index is 0.591. The zero-order valence-electron chi connectivity index (χ0n) is 10.0. The van der Waals surface area contributed by atoms with Crippen LogP contribution in [-0.4, -0.2) is 23.5 Å². The standard InChI is InChI=1S/C12H22N2S/c1-4-10-7-13-11(15-10)14-8-12(5-6-12)9(2)3/h9-10H,4-8H2,1-3H3,(H,13,14). The highest BCUT2D eigenvalue weighted by Crippen LogP contribution is 2.51. The molecule has 0 amide bonds. The van der Waals surface area contributed by atoms with Gasteiger partial charge in [0.1, 0.15) is 0 Å². The van der Waals surface area contributed by atoms with Crippen LogP contribution in [0.4, 0.5) is 0 Å². The first-order chi connectivity index (χ1) is 7.16. The maximum atomic E-state index is 4.55. The summed E-state index contributed by atoms with van der Waals surface area (Å²) in [6, 6.07) is 0. The van der Waals surface area contributed by atoms with E-state index in [1.165, 1.54) is 24.4 Å². The fourth-order valence-electron chi connectivity index (χ4n) is 2.10. The molecule has 86 valence electrons. The lowest BCUT2D eigenvalue weighted by molar-refractivity contribution is 0.358. The average Bonchev–Trinajstić information content (AvgIpc) is 2.88. The van der Waals surface area contributed by atoms with E-state index in [2.05, 4.69) is 31.1 Å². The van der Waals surface area contributed by atoms with Gasteiger partial charge in [-0.05, 0) is 30.6 Å². The van der Waals surface area contributed by atoms with Crippen molar-refractivity contribution in [2.24, 2.45) is 16.3 Å². The first-order valence-corrected chi connectivity index (χ1v) is 6.99. The number of thioether (sulfide) groups is 1.